The van der Waals surface area contributed by atoms with E-state index in [1.807, 2.05) is 61.5 Å². The Labute approximate surface area is 140 Å². The van der Waals surface area contributed by atoms with Crippen LogP contribution < -0.4 is 10.2 Å². The summed E-state index contributed by atoms with van der Waals surface area (Å²) < 4.78 is 5.42. The lowest BCUT2D eigenvalue weighted by molar-refractivity contribution is -0.123. The van der Waals surface area contributed by atoms with Crippen LogP contribution in [0, 0.1) is 6.92 Å². The van der Waals surface area contributed by atoms with Crippen LogP contribution in [0.25, 0.3) is 6.08 Å². The van der Waals surface area contributed by atoms with Crippen LogP contribution >= 0.6 is 11.6 Å². The third-order valence-electron chi connectivity index (χ3n) is 2.98. The fraction of sp³-hybridized carbons (Fsp3) is 0.111. The van der Waals surface area contributed by atoms with Gasteiger partial charge in [0.1, 0.15) is 5.75 Å². The van der Waals surface area contributed by atoms with E-state index in [2.05, 4.69) is 10.5 Å². The number of halogens is 1. The summed E-state index contributed by atoms with van der Waals surface area (Å²) in [4.78, 5) is 11.6. The molecule has 0 aliphatic carbocycles. The number of benzene rings is 2. The molecule has 0 spiro atoms. The molecule has 23 heavy (non-hydrogen) atoms. The second-order valence-corrected chi connectivity index (χ2v) is 5.16. The molecule has 0 saturated carbocycles. The van der Waals surface area contributed by atoms with Crippen LogP contribution in [0.15, 0.2) is 59.7 Å². The van der Waals surface area contributed by atoms with Crippen LogP contribution in [0.3, 0.4) is 0 Å². The maximum Gasteiger partial charge on any atom is 0.277 e. The molecule has 0 fully saturated rings. The van der Waals surface area contributed by atoms with E-state index in [9.17, 15) is 4.79 Å². The molecule has 1 N–H and O–H groups in total. The fourth-order valence-corrected chi connectivity index (χ4v) is 2.00. The van der Waals surface area contributed by atoms with Crippen molar-refractivity contribution in [2.24, 2.45) is 5.10 Å². The Morgan fingerprint density at radius 2 is 1.96 bits per heavy atom. The molecule has 2 aromatic rings. The van der Waals surface area contributed by atoms with Gasteiger partial charge in [-0.25, -0.2) is 5.43 Å². The zero-order valence-electron chi connectivity index (χ0n) is 12.7. The van der Waals surface area contributed by atoms with Crippen molar-refractivity contribution in [3.63, 3.8) is 0 Å². The Morgan fingerprint density at radius 3 is 2.74 bits per heavy atom. The van der Waals surface area contributed by atoms with Crippen LogP contribution in [0.2, 0.25) is 5.02 Å². The quantitative estimate of drug-likeness (QED) is 0.647. The van der Waals surface area contributed by atoms with Crippen LogP contribution in [-0.2, 0) is 4.79 Å². The number of carbonyl (C=O) groups excluding carboxylic acids is 1. The van der Waals surface area contributed by atoms with Gasteiger partial charge in [0, 0.05) is 11.2 Å². The summed E-state index contributed by atoms with van der Waals surface area (Å²) in [5.74, 6) is 0.362. The van der Waals surface area contributed by atoms with Crippen LogP contribution in [-0.4, -0.2) is 18.7 Å². The summed E-state index contributed by atoms with van der Waals surface area (Å²) in [6.45, 7) is 1.83. The van der Waals surface area contributed by atoms with Gasteiger partial charge in [0.05, 0.1) is 0 Å². The first-order valence-corrected chi connectivity index (χ1v) is 7.46. The molecular weight excluding hydrogens is 312 g/mol. The first-order valence-electron chi connectivity index (χ1n) is 7.08. The van der Waals surface area contributed by atoms with Crippen molar-refractivity contribution >= 4 is 29.8 Å². The maximum atomic E-state index is 11.6. The molecule has 0 aliphatic rings. The van der Waals surface area contributed by atoms with E-state index >= 15 is 0 Å². The third-order valence-corrected chi connectivity index (χ3v) is 3.33. The second kappa shape index (κ2) is 8.76. The Hall–Kier alpha value is -2.59. The highest BCUT2D eigenvalue weighted by Crippen LogP contribution is 2.16. The van der Waals surface area contributed by atoms with Gasteiger partial charge in [-0.2, -0.15) is 5.10 Å². The molecule has 2 rings (SSSR count). The summed E-state index contributed by atoms with van der Waals surface area (Å²) in [5, 5.41) is 4.48. The average molecular weight is 329 g/mol. The minimum absolute atomic E-state index is 0.0869. The minimum Gasteiger partial charge on any atom is -0.483 e. The molecule has 1 amide bonds. The van der Waals surface area contributed by atoms with Crippen LogP contribution in [0.4, 0.5) is 0 Å². The number of nitrogens with one attached hydrogen (secondary N) is 1. The number of allylic oxidation sites excluding steroid dienone is 1. The average Bonchev–Trinajstić information content (AvgIpc) is 2.55. The first-order chi connectivity index (χ1) is 11.2. The van der Waals surface area contributed by atoms with E-state index in [1.165, 1.54) is 6.21 Å². The molecular formula is C18H17ClN2O2. The number of carbonyl (C=O) groups is 1. The molecule has 2 aromatic carbocycles. The summed E-state index contributed by atoms with van der Waals surface area (Å²) >= 11 is 6.02. The topological polar surface area (TPSA) is 50.7 Å². The fourth-order valence-electron chi connectivity index (χ4n) is 1.80. The van der Waals surface area contributed by atoms with Crippen molar-refractivity contribution in [2.45, 2.75) is 6.92 Å². The molecule has 0 aromatic heterocycles. The van der Waals surface area contributed by atoms with E-state index in [-0.39, 0.29) is 12.5 Å². The lowest BCUT2D eigenvalue weighted by Crippen LogP contribution is -2.24. The maximum absolute atomic E-state index is 11.6. The normalized spacial score (nSPS) is 11.0. The number of hydrogen-bond acceptors (Lipinski definition) is 3. The van der Waals surface area contributed by atoms with Gasteiger partial charge in [-0.15, -0.1) is 0 Å². The number of ether oxygens (including phenoxy) is 1. The van der Waals surface area contributed by atoms with E-state index in [4.69, 9.17) is 16.3 Å². The third kappa shape index (κ3) is 5.60. The molecule has 0 saturated heterocycles. The zero-order chi connectivity index (χ0) is 16.5. The first kappa shape index (κ1) is 16.8. The largest absolute Gasteiger partial charge is 0.483 e. The monoisotopic (exact) mass is 328 g/mol. The zero-order valence-corrected chi connectivity index (χ0v) is 13.5. The van der Waals surface area contributed by atoms with Crippen LogP contribution in [0.5, 0.6) is 5.75 Å². The SMILES string of the molecule is Cc1ccccc1OCC(=O)N/N=C/C=C/c1ccccc1Cl. The number of aryl methyl sites for hydroxylation is 1. The molecule has 0 heterocycles. The highest BCUT2D eigenvalue weighted by molar-refractivity contribution is 6.32. The van der Waals surface area contributed by atoms with E-state index in [0.29, 0.717) is 10.8 Å². The number of rotatable bonds is 6. The van der Waals surface area contributed by atoms with Crippen molar-refractivity contribution in [1.29, 1.82) is 0 Å². The Balaban J connectivity index is 1.76. The van der Waals surface area contributed by atoms with Gasteiger partial charge in [-0.1, -0.05) is 54.1 Å². The Kier molecular flexibility index (Phi) is 6.39. The Morgan fingerprint density at radius 1 is 1.22 bits per heavy atom. The van der Waals surface area contributed by atoms with Crippen molar-refractivity contribution in [3.8, 4) is 5.75 Å². The molecule has 0 bridgehead atoms. The number of hydrogen-bond donors (Lipinski definition) is 1. The van der Waals surface area contributed by atoms with Gasteiger partial charge in [0.25, 0.3) is 5.91 Å². The Bertz CT molecular complexity index is 726. The van der Waals surface area contributed by atoms with Gasteiger partial charge in [-0.05, 0) is 36.3 Å². The number of amides is 1. The van der Waals surface area contributed by atoms with Crippen molar-refractivity contribution < 1.29 is 9.53 Å². The molecule has 0 unspecified atom stereocenters. The van der Waals surface area contributed by atoms with E-state index in [0.717, 1.165) is 11.1 Å². The predicted molar refractivity (Wildman–Crippen MR) is 93.8 cm³/mol. The number of para-hydroxylation sites is 1. The minimum atomic E-state index is -0.323. The van der Waals surface area contributed by atoms with E-state index in [1.54, 1.807) is 6.08 Å². The van der Waals surface area contributed by atoms with Crippen molar-refractivity contribution in [1.82, 2.24) is 5.43 Å². The predicted octanol–water partition coefficient (Wildman–Crippen LogP) is 3.84. The highest BCUT2D eigenvalue weighted by atomic mass is 35.5. The summed E-state index contributed by atoms with van der Waals surface area (Å²) in [6.07, 6.45) is 4.99. The summed E-state index contributed by atoms with van der Waals surface area (Å²) in [7, 11) is 0. The molecule has 5 heteroatoms. The van der Waals surface area contributed by atoms with Gasteiger partial charge in [0.15, 0.2) is 6.61 Å². The molecule has 0 aliphatic heterocycles. The lowest BCUT2D eigenvalue weighted by Gasteiger charge is -2.07. The highest BCUT2D eigenvalue weighted by Gasteiger charge is 2.02. The molecule has 118 valence electrons. The number of nitrogens with zero attached hydrogens (tertiary/aromatic N) is 1. The molecule has 0 radical (unpaired) electrons. The summed E-state index contributed by atoms with van der Waals surface area (Å²) in [6, 6.07) is 15.0. The standard InChI is InChI=1S/C18H17ClN2O2/c1-14-7-2-5-11-17(14)23-13-18(22)21-20-12-6-9-15-8-3-4-10-16(15)19/h2-12H,13H2,1H3,(H,21,22)/b9-6+,20-12+. The van der Waals surface area contributed by atoms with Gasteiger partial charge >= 0.3 is 0 Å². The van der Waals surface area contributed by atoms with Crippen molar-refractivity contribution in [2.75, 3.05) is 6.61 Å². The smallest absolute Gasteiger partial charge is 0.277 e. The summed E-state index contributed by atoms with van der Waals surface area (Å²) in [5.41, 5.74) is 4.26. The van der Waals surface area contributed by atoms with Crippen molar-refractivity contribution in [3.05, 3.63) is 70.8 Å². The van der Waals surface area contributed by atoms with Gasteiger partial charge in [0.2, 0.25) is 0 Å². The molecule has 4 nitrogen and oxygen atoms in total. The lowest BCUT2D eigenvalue weighted by atomic mass is 10.2. The van der Waals surface area contributed by atoms with Gasteiger partial charge in [-0.3, -0.25) is 4.79 Å². The van der Waals surface area contributed by atoms with E-state index < -0.39 is 0 Å². The second-order valence-electron chi connectivity index (χ2n) is 4.75. The molecule has 0 atom stereocenters. The number of hydrazone groups is 1. The van der Waals surface area contributed by atoms with Gasteiger partial charge < -0.3 is 4.74 Å². The van der Waals surface area contributed by atoms with Crippen LogP contribution in [0.1, 0.15) is 11.1 Å².